The third kappa shape index (κ3) is 1.54. The molecule has 72 valence electrons. The number of ether oxygens (including phenoxy) is 1. The zero-order chi connectivity index (χ0) is 9.97. The standard InChI is InChI=1S/C10H9NO3/c1-13-8-4-2-7(3-5-8)9-6-14-10(12)11-9/h2-6H,1H3,(H,11,12). The number of methoxy groups -OCH3 is 1. The number of aromatic nitrogens is 1. The SMILES string of the molecule is COc1ccc(-c2coc(=O)[nH]2)cc1. The minimum absolute atomic E-state index is 0.448. The maximum Gasteiger partial charge on any atom is 0.416 e. The molecule has 4 heteroatoms. The summed E-state index contributed by atoms with van der Waals surface area (Å²) in [6.45, 7) is 0. The van der Waals surface area contributed by atoms with E-state index in [4.69, 9.17) is 4.74 Å². The Labute approximate surface area is 80.1 Å². The molecule has 0 unspecified atom stereocenters. The molecule has 0 bridgehead atoms. The van der Waals surface area contributed by atoms with Crippen molar-refractivity contribution in [1.82, 2.24) is 4.98 Å². The first-order valence-corrected chi connectivity index (χ1v) is 4.12. The van der Waals surface area contributed by atoms with Crippen LogP contribution in [0.1, 0.15) is 0 Å². The Bertz CT molecular complexity index is 467. The number of oxazole rings is 1. The smallest absolute Gasteiger partial charge is 0.416 e. The molecule has 2 aromatic rings. The third-order valence-electron chi connectivity index (χ3n) is 1.92. The van der Waals surface area contributed by atoms with Crippen LogP contribution in [0.2, 0.25) is 0 Å². The van der Waals surface area contributed by atoms with Gasteiger partial charge in [-0.1, -0.05) is 0 Å². The molecule has 0 aliphatic heterocycles. The molecule has 1 heterocycles. The highest BCUT2D eigenvalue weighted by molar-refractivity contribution is 5.58. The number of hydrogen-bond acceptors (Lipinski definition) is 3. The molecule has 0 aliphatic carbocycles. The molecule has 0 radical (unpaired) electrons. The Kier molecular flexibility index (Phi) is 2.10. The van der Waals surface area contributed by atoms with Crippen LogP contribution >= 0.6 is 0 Å². The van der Waals surface area contributed by atoms with Gasteiger partial charge in [-0.3, -0.25) is 4.98 Å². The summed E-state index contributed by atoms with van der Waals surface area (Å²) in [5, 5.41) is 0. The van der Waals surface area contributed by atoms with Crippen LogP contribution in [0.5, 0.6) is 5.75 Å². The van der Waals surface area contributed by atoms with E-state index in [0.29, 0.717) is 5.69 Å². The fraction of sp³-hybridized carbons (Fsp3) is 0.100. The van der Waals surface area contributed by atoms with E-state index in [-0.39, 0.29) is 0 Å². The van der Waals surface area contributed by atoms with Gasteiger partial charge in [-0.15, -0.1) is 0 Å². The van der Waals surface area contributed by atoms with E-state index in [1.165, 1.54) is 6.26 Å². The van der Waals surface area contributed by atoms with Gasteiger partial charge in [-0.05, 0) is 24.3 Å². The van der Waals surface area contributed by atoms with Gasteiger partial charge in [0.1, 0.15) is 12.0 Å². The molecule has 0 spiro atoms. The average Bonchev–Trinajstić information content (AvgIpc) is 2.65. The lowest BCUT2D eigenvalue weighted by atomic mass is 10.2. The molecule has 0 amide bonds. The molecule has 2 rings (SSSR count). The second-order valence-electron chi connectivity index (χ2n) is 2.79. The summed E-state index contributed by atoms with van der Waals surface area (Å²) in [5.74, 6) is 0.329. The van der Waals surface area contributed by atoms with Gasteiger partial charge in [0.25, 0.3) is 0 Å². The predicted octanol–water partition coefficient (Wildman–Crippen LogP) is 1.64. The summed E-state index contributed by atoms with van der Waals surface area (Å²) >= 11 is 0. The second-order valence-corrected chi connectivity index (χ2v) is 2.79. The number of nitrogens with one attached hydrogen (secondary N) is 1. The summed E-state index contributed by atoms with van der Waals surface area (Å²) < 4.78 is 9.65. The van der Waals surface area contributed by atoms with E-state index in [9.17, 15) is 4.79 Å². The Balaban J connectivity index is 2.38. The lowest BCUT2D eigenvalue weighted by Crippen LogP contribution is -1.94. The van der Waals surface area contributed by atoms with Crippen LogP contribution in [0.4, 0.5) is 0 Å². The highest BCUT2D eigenvalue weighted by Crippen LogP contribution is 2.19. The van der Waals surface area contributed by atoms with Crippen LogP contribution < -0.4 is 10.5 Å². The lowest BCUT2D eigenvalue weighted by molar-refractivity contribution is 0.415. The van der Waals surface area contributed by atoms with Crippen LogP contribution in [0, 0.1) is 0 Å². The monoisotopic (exact) mass is 191 g/mol. The first-order valence-electron chi connectivity index (χ1n) is 4.12. The van der Waals surface area contributed by atoms with Gasteiger partial charge >= 0.3 is 5.76 Å². The van der Waals surface area contributed by atoms with Crippen LogP contribution in [0.3, 0.4) is 0 Å². The lowest BCUT2D eigenvalue weighted by Gasteiger charge is -1.99. The normalized spacial score (nSPS) is 10.1. The topological polar surface area (TPSA) is 55.2 Å². The fourth-order valence-electron chi connectivity index (χ4n) is 1.19. The highest BCUT2D eigenvalue weighted by atomic mass is 16.5. The van der Waals surface area contributed by atoms with Crippen molar-refractivity contribution in [2.24, 2.45) is 0 Å². The van der Waals surface area contributed by atoms with Crippen molar-refractivity contribution in [2.45, 2.75) is 0 Å². The largest absolute Gasteiger partial charge is 0.497 e. The van der Waals surface area contributed by atoms with Crippen LogP contribution in [-0.2, 0) is 0 Å². The maximum absolute atomic E-state index is 10.7. The maximum atomic E-state index is 10.7. The molecule has 0 fully saturated rings. The average molecular weight is 191 g/mol. The quantitative estimate of drug-likeness (QED) is 0.785. The first kappa shape index (κ1) is 8.62. The van der Waals surface area contributed by atoms with E-state index in [2.05, 4.69) is 9.40 Å². The van der Waals surface area contributed by atoms with Crippen molar-refractivity contribution in [1.29, 1.82) is 0 Å². The number of aromatic amines is 1. The number of H-pyrrole nitrogens is 1. The summed E-state index contributed by atoms with van der Waals surface area (Å²) in [7, 11) is 1.61. The summed E-state index contributed by atoms with van der Waals surface area (Å²) in [6.07, 6.45) is 1.39. The van der Waals surface area contributed by atoms with Crippen molar-refractivity contribution in [2.75, 3.05) is 7.11 Å². The Morgan fingerprint density at radius 1 is 1.29 bits per heavy atom. The molecule has 1 aromatic carbocycles. The number of hydrogen-bond donors (Lipinski definition) is 1. The Morgan fingerprint density at radius 3 is 2.50 bits per heavy atom. The first-order chi connectivity index (χ1) is 6.79. The van der Waals surface area contributed by atoms with E-state index < -0.39 is 5.76 Å². The molecular formula is C10H9NO3. The van der Waals surface area contributed by atoms with Crippen LogP contribution in [-0.4, -0.2) is 12.1 Å². The van der Waals surface area contributed by atoms with Gasteiger partial charge in [0.05, 0.1) is 12.8 Å². The van der Waals surface area contributed by atoms with Crippen molar-refractivity contribution in [3.8, 4) is 17.0 Å². The summed E-state index contributed by atoms with van der Waals surface area (Å²) in [4.78, 5) is 13.3. The summed E-state index contributed by atoms with van der Waals surface area (Å²) in [5.41, 5.74) is 1.55. The van der Waals surface area contributed by atoms with Gasteiger partial charge in [-0.2, -0.15) is 0 Å². The van der Waals surface area contributed by atoms with Crippen molar-refractivity contribution < 1.29 is 9.15 Å². The highest BCUT2D eigenvalue weighted by Gasteiger charge is 2.01. The van der Waals surface area contributed by atoms with Crippen molar-refractivity contribution in [3.63, 3.8) is 0 Å². The summed E-state index contributed by atoms with van der Waals surface area (Å²) in [6, 6.07) is 7.33. The Hall–Kier alpha value is -1.97. The zero-order valence-corrected chi connectivity index (χ0v) is 7.61. The minimum Gasteiger partial charge on any atom is -0.497 e. The van der Waals surface area contributed by atoms with E-state index in [1.807, 2.05) is 24.3 Å². The van der Waals surface area contributed by atoms with Gasteiger partial charge in [-0.25, -0.2) is 4.79 Å². The van der Waals surface area contributed by atoms with Crippen LogP contribution in [0.15, 0.2) is 39.7 Å². The minimum atomic E-state index is -0.448. The van der Waals surface area contributed by atoms with Crippen molar-refractivity contribution >= 4 is 0 Å². The van der Waals surface area contributed by atoms with Crippen molar-refractivity contribution in [3.05, 3.63) is 41.1 Å². The van der Waals surface area contributed by atoms with Gasteiger partial charge in [0.2, 0.25) is 0 Å². The van der Waals surface area contributed by atoms with Crippen LogP contribution in [0.25, 0.3) is 11.3 Å². The second kappa shape index (κ2) is 3.41. The van der Waals surface area contributed by atoms with E-state index in [0.717, 1.165) is 11.3 Å². The van der Waals surface area contributed by atoms with Gasteiger partial charge < -0.3 is 9.15 Å². The van der Waals surface area contributed by atoms with Gasteiger partial charge in [0, 0.05) is 5.56 Å². The number of benzene rings is 1. The molecule has 0 saturated heterocycles. The zero-order valence-electron chi connectivity index (χ0n) is 7.61. The molecule has 1 aromatic heterocycles. The fourth-order valence-corrected chi connectivity index (χ4v) is 1.19. The Morgan fingerprint density at radius 2 is 2.00 bits per heavy atom. The molecule has 14 heavy (non-hydrogen) atoms. The van der Waals surface area contributed by atoms with Gasteiger partial charge in [0.15, 0.2) is 0 Å². The molecule has 4 nitrogen and oxygen atoms in total. The molecule has 0 atom stereocenters. The van der Waals surface area contributed by atoms with E-state index >= 15 is 0 Å². The third-order valence-corrected chi connectivity index (χ3v) is 1.92. The predicted molar refractivity (Wildman–Crippen MR) is 51.3 cm³/mol. The molecule has 0 saturated carbocycles. The van der Waals surface area contributed by atoms with E-state index in [1.54, 1.807) is 7.11 Å². The molecule has 1 N–H and O–H groups in total. The molecular weight excluding hydrogens is 182 g/mol. The number of rotatable bonds is 2. The molecule has 0 aliphatic rings.